The summed E-state index contributed by atoms with van der Waals surface area (Å²) in [6, 6.07) is 10.2. The third-order valence-electron chi connectivity index (χ3n) is 3.81. The van der Waals surface area contributed by atoms with E-state index >= 15 is 0 Å². The predicted molar refractivity (Wildman–Crippen MR) is 101 cm³/mol. The highest BCUT2D eigenvalue weighted by Gasteiger charge is 2.17. The predicted octanol–water partition coefficient (Wildman–Crippen LogP) is 3.20. The molecule has 3 rings (SSSR count). The number of anilines is 1. The molecule has 1 aromatic carbocycles. The van der Waals surface area contributed by atoms with Crippen LogP contribution in [0.15, 0.2) is 45.5 Å². The molecule has 8 heteroatoms. The summed E-state index contributed by atoms with van der Waals surface area (Å²) in [5, 5.41) is 9.00. The van der Waals surface area contributed by atoms with E-state index in [1.54, 1.807) is 36.4 Å². The SMILES string of the molecule is Cl.O=C(N[C@H]1CCCNC1)c1cccc(NC(=O)c2ccc(Br)o2)c1. The first-order valence-electron chi connectivity index (χ1n) is 7.80. The van der Waals surface area contributed by atoms with Crippen LogP contribution in [-0.4, -0.2) is 30.9 Å². The summed E-state index contributed by atoms with van der Waals surface area (Å²) in [4.78, 5) is 24.4. The van der Waals surface area contributed by atoms with Gasteiger partial charge in [0.05, 0.1) is 0 Å². The van der Waals surface area contributed by atoms with Crippen LogP contribution in [-0.2, 0) is 0 Å². The van der Waals surface area contributed by atoms with Crippen molar-refractivity contribution in [2.45, 2.75) is 18.9 Å². The summed E-state index contributed by atoms with van der Waals surface area (Å²) in [6.45, 7) is 1.78. The summed E-state index contributed by atoms with van der Waals surface area (Å²) in [5.74, 6) is -0.305. The molecule has 0 spiro atoms. The van der Waals surface area contributed by atoms with E-state index in [9.17, 15) is 9.59 Å². The zero-order valence-corrected chi connectivity index (χ0v) is 15.8. The van der Waals surface area contributed by atoms with Crippen LogP contribution in [0.1, 0.15) is 33.8 Å². The second-order valence-corrected chi connectivity index (χ2v) is 6.44. The van der Waals surface area contributed by atoms with Gasteiger partial charge in [-0.2, -0.15) is 0 Å². The number of furan rings is 1. The Bertz CT molecular complexity index is 744. The van der Waals surface area contributed by atoms with E-state index in [1.807, 2.05) is 0 Å². The third-order valence-corrected chi connectivity index (χ3v) is 4.24. The Labute approximate surface area is 160 Å². The summed E-state index contributed by atoms with van der Waals surface area (Å²) in [7, 11) is 0. The number of nitrogens with one attached hydrogen (secondary N) is 3. The van der Waals surface area contributed by atoms with Crippen LogP contribution >= 0.6 is 28.3 Å². The number of rotatable bonds is 4. The number of amides is 2. The zero-order valence-electron chi connectivity index (χ0n) is 13.4. The first-order valence-corrected chi connectivity index (χ1v) is 8.59. The molecule has 1 atom stereocenters. The minimum Gasteiger partial charge on any atom is -0.444 e. The van der Waals surface area contributed by atoms with Gasteiger partial charge >= 0.3 is 0 Å². The highest BCUT2D eigenvalue weighted by atomic mass is 79.9. The van der Waals surface area contributed by atoms with Gasteiger partial charge in [0.25, 0.3) is 11.8 Å². The molecule has 0 unspecified atom stereocenters. The summed E-state index contributed by atoms with van der Waals surface area (Å²) in [6.07, 6.45) is 2.03. The fraction of sp³-hybridized carbons (Fsp3) is 0.294. The Morgan fingerprint density at radius 1 is 1.20 bits per heavy atom. The molecule has 0 radical (unpaired) electrons. The number of benzene rings is 1. The van der Waals surface area contributed by atoms with Gasteiger partial charge < -0.3 is 20.4 Å². The summed E-state index contributed by atoms with van der Waals surface area (Å²) < 4.78 is 5.70. The minimum absolute atomic E-state index is 0. The van der Waals surface area contributed by atoms with Crippen LogP contribution in [0.2, 0.25) is 0 Å². The maximum absolute atomic E-state index is 12.3. The lowest BCUT2D eigenvalue weighted by atomic mass is 10.1. The van der Waals surface area contributed by atoms with Gasteiger partial charge in [0.15, 0.2) is 10.4 Å². The second-order valence-electron chi connectivity index (χ2n) is 5.66. The summed E-state index contributed by atoms with van der Waals surface area (Å²) in [5.41, 5.74) is 1.06. The van der Waals surface area contributed by atoms with Crippen LogP contribution in [0.5, 0.6) is 0 Å². The Morgan fingerprint density at radius 2 is 2.04 bits per heavy atom. The van der Waals surface area contributed by atoms with Gasteiger partial charge in [-0.1, -0.05) is 6.07 Å². The second kappa shape index (κ2) is 9.03. The Morgan fingerprint density at radius 3 is 2.72 bits per heavy atom. The Balaban J connectivity index is 0.00000225. The smallest absolute Gasteiger partial charge is 0.291 e. The minimum atomic E-state index is -0.366. The molecular formula is C17H19BrClN3O3. The van der Waals surface area contributed by atoms with Crippen LogP contribution in [0.25, 0.3) is 0 Å². The first kappa shape index (κ1) is 19.5. The van der Waals surface area contributed by atoms with E-state index in [2.05, 4.69) is 31.9 Å². The van der Waals surface area contributed by atoms with Gasteiger partial charge in [-0.05, 0) is 65.6 Å². The van der Waals surface area contributed by atoms with E-state index in [0.717, 1.165) is 25.9 Å². The van der Waals surface area contributed by atoms with Gasteiger partial charge in [0, 0.05) is 23.8 Å². The number of carbonyl (C=O) groups is 2. The maximum Gasteiger partial charge on any atom is 0.291 e. The van der Waals surface area contributed by atoms with Crippen molar-refractivity contribution in [1.29, 1.82) is 0 Å². The van der Waals surface area contributed by atoms with Gasteiger partial charge in [0.2, 0.25) is 0 Å². The molecule has 25 heavy (non-hydrogen) atoms. The lowest BCUT2D eigenvalue weighted by Gasteiger charge is -2.23. The van der Waals surface area contributed by atoms with E-state index in [4.69, 9.17) is 4.42 Å². The molecule has 2 aromatic rings. The number of piperidine rings is 1. The standard InChI is InChI=1S/C17H18BrN3O3.ClH/c18-15-7-6-14(24-15)17(23)20-12-4-1-3-11(9-12)16(22)21-13-5-2-8-19-10-13;/h1,3-4,6-7,9,13,19H,2,5,8,10H2,(H,20,23)(H,21,22);1H/t13-;/m0./s1. The average Bonchev–Trinajstić information content (AvgIpc) is 3.03. The summed E-state index contributed by atoms with van der Waals surface area (Å²) >= 11 is 3.16. The van der Waals surface area contributed by atoms with Crippen molar-refractivity contribution in [2.24, 2.45) is 0 Å². The van der Waals surface area contributed by atoms with Gasteiger partial charge in [-0.25, -0.2) is 0 Å². The van der Waals surface area contributed by atoms with E-state index < -0.39 is 0 Å². The quantitative estimate of drug-likeness (QED) is 0.698. The molecule has 0 bridgehead atoms. The molecule has 0 saturated carbocycles. The van der Waals surface area contributed by atoms with Crippen molar-refractivity contribution >= 4 is 45.8 Å². The molecule has 2 amide bonds. The van der Waals surface area contributed by atoms with Crippen molar-refractivity contribution < 1.29 is 14.0 Å². The highest BCUT2D eigenvalue weighted by molar-refractivity contribution is 9.10. The van der Waals surface area contributed by atoms with Crippen molar-refractivity contribution in [3.63, 3.8) is 0 Å². The molecule has 1 aliphatic rings. The van der Waals surface area contributed by atoms with Crippen LogP contribution < -0.4 is 16.0 Å². The van der Waals surface area contributed by atoms with Crippen LogP contribution in [0.3, 0.4) is 0 Å². The Kier molecular flexibility index (Phi) is 7.04. The molecule has 134 valence electrons. The lowest BCUT2D eigenvalue weighted by Crippen LogP contribution is -2.45. The molecule has 6 nitrogen and oxygen atoms in total. The molecule has 3 N–H and O–H groups in total. The number of halogens is 2. The first-order chi connectivity index (χ1) is 11.6. The molecule has 1 aliphatic heterocycles. The van der Waals surface area contributed by atoms with Crippen molar-refractivity contribution in [2.75, 3.05) is 18.4 Å². The number of carbonyl (C=O) groups excluding carboxylic acids is 2. The Hall–Kier alpha value is -1.83. The van der Waals surface area contributed by atoms with Gasteiger partial charge in [-0.15, -0.1) is 12.4 Å². The average molecular weight is 429 g/mol. The molecule has 0 aliphatic carbocycles. The number of hydrogen-bond acceptors (Lipinski definition) is 4. The van der Waals surface area contributed by atoms with Crippen LogP contribution in [0, 0.1) is 0 Å². The number of hydrogen-bond donors (Lipinski definition) is 3. The fourth-order valence-corrected chi connectivity index (χ4v) is 2.92. The van der Waals surface area contributed by atoms with Gasteiger partial charge in [0.1, 0.15) is 0 Å². The molecule has 1 fully saturated rings. The molecule has 1 aromatic heterocycles. The maximum atomic E-state index is 12.3. The van der Waals surface area contributed by atoms with E-state index in [1.165, 1.54) is 0 Å². The van der Waals surface area contributed by atoms with E-state index in [-0.39, 0.29) is 36.0 Å². The van der Waals surface area contributed by atoms with Crippen molar-refractivity contribution in [3.05, 3.63) is 52.4 Å². The molecular weight excluding hydrogens is 410 g/mol. The zero-order chi connectivity index (χ0) is 16.9. The molecule has 2 heterocycles. The highest BCUT2D eigenvalue weighted by Crippen LogP contribution is 2.17. The van der Waals surface area contributed by atoms with Gasteiger partial charge in [-0.3, -0.25) is 9.59 Å². The van der Waals surface area contributed by atoms with Crippen LogP contribution in [0.4, 0.5) is 5.69 Å². The fourth-order valence-electron chi connectivity index (χ4n) is 2.61. The largest absolute Gasteiger partial charge is 0.444 e. The van der Waals surface area contributed by atoms with Crippen molar-refractivity contribution in [1.82, 2.24) is 10.6 Å². The van der Waals surface area contributed by atoms with E-state index in [0.29, 0.717) is 15.9 Å². The lowest BCUT2D eigenvalue weighted by molar-refractivity contribution is 0.0929. The van der Waals surface area contributed by atoms with Crippen molar-refractivity contribution in [3.8, 4) is 0 Å². The topological polar surface area (TPSA) is 83.4 Å². The molecule has 1 saturated heterocycles. The third kappa shape index (κ3) is 5.32. The monoisotopic (exact) mass is 427 g/mol. The normalized spacial score (nSPS) is 16.6.